The van der Waals surface area contributed by atoms with E-state index in [1.807, 2.05) is 35.4 Å². The number of benzene rings is 1. The highest BCUT2D eigenvalue weighted by atomic mass is 32.2. The molecule has 4 rings (SSSR count). The number of hydrogen-bond acceptors (Lipinski definition) is 6. The predicted octanol–water partition coefficient (Wildman–Crippen LogP) is 2.25. The number of aromatic nitrogens is 2. The lowest BCUT2D eigenvalue weighted by molar-refractivity contribution is -0.138. The van der Waals surface area contributed by atoms with Gasteiger partial charge in [-0.2, -0.15) is 11.8 Å². The number of imidazole rings is 1. The predicted molar refractivity (Wildman–Crippen MR) is 134 cm³/mol. The van der Waals surface area contributed by atoms with Crippen LogP contribution < -0.4 is 15.4 Å². The average molecular weight is 486 g/mol. The highest BCUT2D eigenvalue weighted by Gasteiger charge is 2.42. The van der Waals surface area contributed by atoms with E-state index in [-0.39, 0.29) is 17.4 Å². The van der Waals surface area contributed by atoms with Crippen molar-refractivity contribution in [3.05, 3.63) is 47.5 Å². The van der Waals surface area contributed by atoms with E-state index in [9.17, 15) is 9.59 Å². The molecule has 1 atom stereocenters. The summed E-state index contributed by atoms with van der Waals surface area (Å²) in [4.78, 5) is 35.9. The minimum Gasteiger partial charge on any atom is -0.497 e. The number of nitrogens with zero attached hydrogens (tertiary/aromatic N) is 2. The number of H-pyrrole nitrogens is 1. The number of likely N-dealkylation sites (tertiary alicyclic amines) is 1. The maximum Gasteiger partial charge on any atom is 0.245 e. The van der Waals surface area contributed by atoms with Crippen molar-refractivity contribution in [1.29, 1.82) is 0 Å². The number of fused-ring (bicyclic) bond motifs is 2. The molecule has 2 aromatic rings. The van der Waals surface area contributed by atoms with Crippen LogP contribution in [-0.2, 0) is 28.0 Å². The van der Waals surface area contributed by atoms with Gasteiger partial charge in [0, 0.05) is 38.2 Å². The van der Waals surface area contributed by atoms with E-state index in [2.05, 4.69) is 20.6 Å². The normalized spacial score (nSPS) is 17.8. The summed E-state index contributed by atoms with van der Waals surface area (Å²) in [5.41, 5.74) is 3.24. The second-order valence-electron chi connectivity index (χ2n) is 9.06. The molecule has 8 nitrogen and oxygen atoms in total. The first-order valence-corrected chi connectivity index (χ1v) is 13.4. The Hall–Kier alpha value is -2.52. The molecular formula is C25H35N5O3S. The van der Waals surface area contributed by atoms with Gasteiger partial charge in [-0.3, -0.25) is 9.59 Å². The number of hydrogen-bond donors (Lipinski definition) is 3. The zero-order valence-electron chi connectivity index (χ0n) is 20.1. The number of aromatic amines is 1. The van der Waals surface area contributed by atoms with Gasteiger partial charge in [0.05, 0.1) is 24.7 Å². The number of ether oxygens (including phenoxy) is 1. The number of piperidine rings is 1. The first kappa shape index (κ1) is 24.6. The van der Waals surface area contributed by atoms with E-state index >= 15 is 0 Å². The fraction of sp³-hybridized carbons (Fsp3) is 0.560. The Morgan fingerprint density at radius 1 is 1.26 bits per heavy atom. The number of rotatable bonds is 9. The van der Waals surface area contributed by atoms with E-state index in [1.54, 1.807) is 25.2 Å². The molecular weight excluding hydrogens is 450 g/mol. The van der Waals surface area contributed by atoms with Crippen molar-refractivity contribution in [2.24, 2.45) is 0 Å². The van der Waals surface area contributed by atoms with Crippen molar-refractivity contribution in [2.45, 2.75) is 50.1 Å². The second-order valence-corrected chi connectivity index (χ2v) is 10.0. The molecule has 34 heavy (non-hydrogen) atoms. The van der Waals surface area contributed by atoms with Crippen molar-refractivity contribution in [3.8, 4) is 5.75 Å². The van der Waals surface area contributed by atoms with Gasteiger partial charge in [0.25, 0.3) is 0 Å². The third-order valence-electron chi connectivity index (χ3n) is 6.98. The Labute approximate surface area is 205 Å². The molecule has 3 N–H and O–H groups in total. The largest absolute Gasteiger partial charge is 0.497 e. The first-order valence-electron chi connectivity index (χ1n) is 12.0. The minimum atomic E-state index is -0.481. The zero-order chi connectivity index (χ0) is 24.0. The van der Waals surface area contributed by atoms with Crippen molar-refractivity contribution in [3.63, 3.8) is 0 Å². The summed E-state index contributed by atoms with van der Waals surface area (Å²) in [7, 11) is 1.64. The van der Waals surface area contributed by atoms with Gasteiger partial charge in [0.2, 0.25) is 11.8 Å². The molecule has 0 unspecified atom stereocenters. The second kappa shape index (κ2) is 11.3. The van der Waals surface area contributed by atoms with Gasteiger partial charge in [-0.1, -0.05) is 12.1 Å². The van der Waals surface area contributed by atoms with Crippen LogP contribution in [0.4, 0.5) is 0 Å². The number of methoxy groups -OCH3 is 1. The Kier molecular flexibility index (Phi) is 8.15. The molecule has 2 aliphatic heterocycles. The van der Waals surface area contributed by atoms with Crippen molar-refractivity contribution in [2.75, 3.05) is 38.8 Å². The van der Waals surface area contributed by atoms with Crippen LogP contribution >= 0.6 is 11.8 Å². The molecule has 0 radical (unpaired) electrons. The molecule has 184 valence electrons. The Balaban J connectivity index is 1.33. The number of carbonyl (C=O) groups is 2. The lowest BCUT2D eigenvalue weighted by atomic mass is 9.80. The van der Waals surface area contributed by atoms with E-state index in [1.165, 1.54) is 5.69 Å². The van der Waals surface area contributed by atoms with Gasteiger partial charge < -0.3 is 25.3 Å². The molecule has 0 aliphatic carbocycles. The molecule has 0 bridgehead atoms. The zero-order valence-corrected chi connectivity index (χ0v) is 20.9. The van der Waals surface area contributed by atoms with Gasteiger partial charge in [0.1, 0.15) is 11.8 Å². The van der Waals surface area contributed by atoms with Crippen LogP contribution in [-0.4, -0.2) is 71.5 Å². The summed E-state index contributed by atoms with van der Waals surface area (Å²) in [6, 6.07) is 7.25. The van der Waals surface area contributed by atoms with Crippen LogP contribution in [0.5, 0.6) is 5.75 Å². The first-order chi connectivity index (χ1) is 16.5. The number of thioether (sulfide) groups is 1. The maximum absolute atomic E-state index is 13.4. The molecule has 1 spiro atoms. The molecule has 0 saturated carbocycles. The van der Waals surface area contributed by atoms with Gasteiger partial charge >= 0.3 is 0 Å². The van der Waals surface area contributed by atoms with Crippen LogP contribution in [0.3, 0.4) is 0 Å². The number of carbonyl (C=O) groups excluding carboxylic acids is 2. The van der Waals surface area contributed by atoms with E-state index in [0.717, 1.165) is 48.6 Å². The highest BCUT2D eigenvalue weighted by molar-refractivity contribution is 7.98. The summed E-state index contributed by atoms with van der Waals surface area (Å²) in [5, 5.41) is 6.69. The molecule has 3 heterocycles. The molecule has 2 aliphatic rings. The fourth-order valence-corrected chi connectivity index (χ4v) is 5.46. The van der Waals surface area contributed by atoms with Crippen LogP contribution in [0.2, 0.25) is 0 Å². The molecule has 2 amide bonds. The number of aryl methyl sites for hydroxylation is 1. The third kappa shape index (κ3) is 5.58. The average Bonchev–Trinajstić information content (AvgIpc) is 3.36. The molecule has 9 heteroatoms. The summed E-state index contributed by atoms with van der Waals surface area (Å²) in [6.45, 7) is 2.25. The lowest BCUT2D eigenvalue weighted by Gasteiger charge is -2.44. The summed E-state index contributed by atoms with van der Waals surface area (Å²) < 4.78 is 5.19. The Morgan fingerprint density at radius 2 is 2.03 bits per heavy atom. The molecule has 1 fully saturated rings. The SMILES string of the molecule is COc1ccc(CCC(=O)N[C@@H](CCSC)C(=O)N2CCC3(CC2)NCCc2[nH]cnc23)cc1. The maximum atomic E-state index is 13.4. The van der Waals surface area contributed by atoms with Crippen LogP contribution in [0, 0.1) is 0 Å². The van der Waals surface area contributed by atoms with Gasteiger partial charge in [0.15, 0.2) is 0 Å². The van der Waals surface area contributed by atoms with Gasteiger partial charge in [-0.25, -0.2) is 4.98 Å². The van der Waals surface area contributed by atoms with E-state index in [4.69, 9.17) is 4.74 Å². The smallest absolute Gasteiger partial charge is 0.245 e. The standard InChI is InChI=1S/C25H35N5O3S/c1-33-19-6-3-18(4-7-19)5-8-22(31)29-21(10-16-34-2)24(32)30-14-11-25(12-15-30)23-20(9-13-28-25)26-17-27-23/h3-4,6-7,17,21,28H,5,8-16H2,1-2H3,(H,26,27)(H,29,31)/t21-/m0/s1. The van der Waals surface area contributed by atoms with Crippen molar-refractivity contribution in [1.82, 2.24) is 25.5 Å². The summed E-state index contributed by atoms with van der Waals surface area (Å²) in [6.07, 6.45) is 8.03. The Morgan fingerprint density at radius 3 is 2.74 bits per heavy atom. The van der Waals surface area contributed by atoms with Crippen LogP contribution in [0.1, 0.15) is 42.6 Å². The quantitative estimate of drug-likeness (QED) is 0.504. The molecule has 1 saturated heterocycles. The highest BCUT2D eigenvalue weighted by Crippen LogP contribution is 2.36. The van der Waals surface area contributed by atoms with Crippen LogP contribution in [0.25, 0.3) is 0 Å². The minimum absolute atomic E-state index is 0.0276. The topological polar surface area (TPSA) is 99.4 Å². The monoisotopic (exact) mass is 485 g/mol. The summed E-state index contributed by atoms with van der Waals surface area (Å²) >= 11 is 1.69. The van der Waals surface area contributed by atoms with Gasteiger partial charge in [-0.15, -0.1) is 0 Å². The third-order valence-corrected chi connectivity index (χ3v) is 7.63. The van der Waals surface area contributed by atoms with Crippen molar-refractivity contribution >= 4 is 23.6 Å². The van der Waals surface area contributed by atoms with Crippen LogP contribution in [0.15, 0.2) is 30.6 Å². The lowest BCUT2D eigenvalue weighted by Crippen LogP contribution is -2.57. The fourth-order valence-electron chi connectivity index (χ4n) is 4.99. The van der Waals surface area contributed by atoms with E-state index < -0.39 is 6.04 Å². The molecule has 1 aromatic carbocycles. The summed E-state index contributed by atoms with van der Waals surface area (Å²) in [5.74, 6) is 1.57. The number of nitrogens with one attached hydrogen (secondary N) is 3. The molecule has 1 aromatic heterocycles. The van der Waals surface area contributed by atoms with Gasteiger partial charge in [-0.05, 0) is 55.4 Å². The Bertz CT molecular complexity index is 969. The number of amides is 2. The van der Waals surface area contributed by atoms with E-state index in [0.29, 0.717) is 32.4 Å². The van der Waals surface area contributed by atoms with Crippen molar-refractivity contribution < 1.29 is 14.3 Å².